The molecule has 3 nitrogen and oxygen atoms in total. The van der Waals surface area contributed by atoms with Gasteiger partial charge in [0.1, 0.15) is 4.83 Å². The van der Waals surface area contributed by atoms with Gasteiger partial charge in [-0.25, -0.2) is 0 Å². The molecule has 0 aliphatic carbocycles. The smallest absolute Gasteiger partial charge is 0.155 e. The minimum Gasteiger partial charge on any atom is -0.512 e. The van der Waals surface area contributed by atoms with Gasteiger partial charge in [0.2, 0.25) is 0 Å². The van der Waals surface area contributed by atoms with Gasteiger partial charge in [0, 0.05) is 36.4 Å². The molecule has 0 amide bonds. The molecule has 1 radical (unpaired) electrons. The van der Waals surface area contributed by atoms with Gasteiger partial charge in [0.05, 0.1) is 5.76 Å². The van der Waals surface area contributed by atoms with Gasteiger partial charge in [0.15, 0.2) is 5.78 Å². The van der Waals surface area contributed by atoms with E-state index in [1.54, 1.807) is 11.3 Å². The van der Waals surface area contributed by atoms with E-state index in [0.717, 1.165) is 16.1 Å². The number of thiophene rings is 1. The Morgan fingerprint density at radius 2 is 1.73 bits per heavy atom. The van der Waals surface area contributed by atoms with Crippen LogP contribution in [0, 0.1) is 6.07 Å². The van der Waals surface area contributed by atoms with Crippen molar-refractivity contribution in [2.45, 2.75) is 40.0 Å². The second-order valence-corrected chi connectivity index (χ2v) is 9.74. The number of carbonyl (C=O) groups excluding carboxylic acids is 1. The number of aliphatic hydroxyl groups is 1. The number of benzene rings is 2. The van der Waals surface area contributed by atoms with Gasteiger partial charge in [-0.2, -0.15) is 0 Å². The van der Waals surface area contributed by atoms with E-state index in [2.05, 4.69) is 87.5 Å². The van der Waals surface area contributed by atoms with Crippen LogP contribution in [0.3, 0.4) is 0 Å². The first kappa shape index (κ1) is 26.7. The van der Waals surface area contributed by atoms with Crippen LogP contribution >= 0.6 is 11.3 Å². The van der Waals surface area contributed by atoms with Crippen LogP contribution in [0.2, 0.25) is 0 Å². The number of allylic oxidation sites excluding steroid dienone is 2. The van der Waals surface area contributed by atoms with Crippen molar-refractivity contribution in [3.63, 3.8) is 0 Å². The molecule has 4 rings (SSSR count). The van der Waals surface area contributed by atoms with Crippen LogP contribution in [0.25, 0.3) is 31.9 Å². The van der Waals surface area contributed by atoms with Gasteiger partial charge in [-0.1, -0.05) is 63.2 Å². The molecule has 0 fully saturated rings. The molecule has 0 bridgehead atoms. The molecule has 5 heteroatoms. The summed E-state index contributed by atoms with van der Waals surface area (Å²) in [5.41, 5.74) is 4.71. The number of carbonyl (C=O) groups is 1. The third-order valence-electron chi connectivity index (χ3n) is 4.81. The summed E-state index contributed by atoms with van der Waals surface area (Å²) in [6.07, 6.45) is 1.17. The van der Waals surface area contributed by atoms with Crippen molar-refractivity contribution in [1.82, 2.24) is 4.98 Å². The zero-order chi connectivity index (χ0) is 23.3. The molecule has 0 aliphatic rings. The topological polar surface area (TPSA) is 50.2 Å². The zero-order valence-corrected chi connectivity index (χ0v) is 22.7. The van der Waals surface area contributed by atoms with Gasteiger partial charge in [-0.15, -0.1) is 46.7 Å². The number of rotatable bonds is 3. The van der Waals surface area contributed by atoms with Crippen molar-refractivity contribution in [1.29, 1.82) is 0 Å². The molecule has 0 saturated heterocycles. The molecule has 2 heterocycles. The van der Waals surface area contributed by atoms with Crippen LogP contribution in [0.15, 0.2) is 78.6 Å². The number of aliphatic hydroxyl groups excluding tert-OH is 1. The molecule has 2 aromatic heterocycles. The van der Waals surface area contributed by atoms with Gasteiger partial charge in [-0.3, -0.25) is 9.78 Å². The van der Waals surface area contributed by atoms with Crippen LogP contribution in [0.4, 0.5) is 0 Å². The standard InChI is InChI=1S/C23H20NS.C5H8O2.Ir/c1-23(2,3)19-12-9-16(10-13-19)20-14-11-18-15-21(25-22(18)24-20)17-7-5-4-6-8-17;1-4(6)3-5(2)7;/h4-9,11-15H,1-3H3;3,6H,1-2H3;/q-1;;/b;4-3-;. The van der Waals surface area contributed by atoms with E-state index in [4.69, 9.17) is 10.1 Å². The molecule has 0 saturated carbocycles. The summed E-state index contributed by atoms with van der Waals surface area (Å²) in [6, 6.07) is 26.8. The van der Waals surface area contributed by atoms with Crippen LogP contribution in [0.5, 0.6) is 0 Å². The van der Waals surface area contributed by atoms with Crippen LogP contribution < -0.4 is 0 Å². The molecule has 0 spiro atoms. The third kappa shape index (κ3) is 7.46. The van der Waals surface area contributed by atoms with Crippen LogP contribution in [0.1, 0.15) is 40.2 Å². The molecule has 173 valence electrons. The number of nitrogens with zero attached hydrogens (tertiary/aromatic N) is 1. The fraction of sp³-hybridized carbons (Fsp3) is 0.214. The van der Waals surface area contributed by atoms with E-state index in [1.807, 2.05) is 6.07 Å². The molecule has 0 atom stereocenters. The fourth-order valence-corrected chi connectivity index (χ4v) is 4.19. The summed E-state index contributed by atoms with van der Waals surface area (Å²) in [4.78, 5) is 17.2. The molecule has 4 aromatic rings. The minimum atomic E-state index is -0.125. The molecule has 2 aromatic carbocycles. The Balaban J connectivity index is 0.000000423. The third-order valence-corrected chi connectivity index (χ3v) is 5.90. The van der Waals surface area contributed by atoms with Crippen molar-refractivity contribution in [2.75, 3.05) is 0 Å². The number of ketones is 1. The van der Waals surface area contributed by atoms with E-state index in [0.29, 0.717) is 0 Å². The van der Waals surface area contributed by atoms with Crippen molar-refractivity contribution >= 4 is 27.3 Å². The number of fused-ring (bicyclic) bond motifs is 1. The second-order valence-electron chi connectivity index (χ2n) is 8.70. The normalized spacial score (nSPS) is 11.4. The average molecular weight is 635 g/mol. The predicted molar refractivity (Wildman–Crippen MR) is 135 cm³/mol. The Kier molecular flexibility index (Phi) is 9.30. The summed E-state index contributed by atoms with van der Waals surface area (Å²) < 4.78 is 0. The van der Waals surface area contributed by atoms with Crippen molar-refractivity contribution in [3.05, 3.63) is 90.2 Å². The Morgan fingerprint density at radius 3 is 2.24 bits per heavy atom. The fourth-order valence-electron chi connectivity index (χ4n) is 3.16. The van der Waals surface area contributed by atoms with E-state index in [-0.39, 0.29) is 37.1 Å². The van der Waals surface area contributed by atoms with Crippen molar-refractivity contribution in [2.24, 2.45) is 0 Å². The number of aromatic nitrogens is 1. The first-order chi connectivity index (χ1) is 15.1. The number of pyridine rings is 1. The summed E-state index contributed by atoms with van der Waals surface area (Å²) in [7, 11) is 0. The quantitative estimate of drug-likeness (QED) is 0.142. The number of hydrogen-bond acceptors (Lipinski definition) is 4. The Bertz CT molecular complexity index is 1230. The van der Waals surface area contributed by atoms with Gasteiger partial charge < -0.3 is 5.11 Å². The second kappa shape index (κ2) is 11.5. The van der Waals surface area contributed by atoms with Crippen LogP contribution in [-0.4, -0.2) is 15.9 Å². The van der Waals surface area contributed by atoms with Crippen LogP contribution in [-0.2, 0) is 30.3 Å². The van der Waals surface area contributed by atoms with E-state index < -0.39 is 0 Å². The Hall–Kier alpha value is -2.59. The Morgan fingerprint density at radius 1 is 1.03 bits per heavy atom. The predicted octanol–water partition coefficient (Wildman–Crippen LogP) is 7.76. The SMILES string of the molecule is CC(=O)/C=C(/C)O.CC(C)(C)c1c[c-]c(-c2ccc3cc(-c4ccccc4)sc3n2)cc1.[Ir]. The molecule has 0 aliphatic heterocycles. The van der Waals surface area contributed by atoms with E-state index in [1.165, 1.54) is 41.3 Å². The maximum atomic E-state index is 10.0. The summed E-state index contributed by atoms with van der Waals surface area (Å²) in [6.45, 7) is 9.51. The summed E-state index contributed by atoms with van der Waals surface area (Å²) in [5, 5.41) is 9.56. The monoisotopic (exact) mass is 635 g/mol. The Labute approximate surface area is 213 Å². The largest absolute Gasteiger partial charge is 0.512 e. The summed E-state index contributed by atoms with van der Waals surface area (Å²) >= 11 is 1.74. The number of hydrogen-bond donors (Lipinski definition) is 1. The maximum Gasteiger partial charge on any atom is 0.155 e. The molecular weight excluding hydrogens is 607 g/mol. The molecular formula is C28H28IrNO2S-. The van der Waals surface area contributed by atoms with Crippen molar-refractivity contribution < 1.29 is 30.0 Å². The van der Waals surface area contributed by atoms with Gasteiger partial charge in [0.25, 0.3) is 0 Å². The van der Waals surface area contributed by atoms with Crippen molar-refractivity contribution in [3.8, 4) is 21.7 Å². The molecule has 33 heavy (non-hydrogen) atoms. The average Bonchev–Trinajstić information content (AvgIpc) is 3.17. The van der Waals surface area contributed by atoms with E-state index in [9.17, 15) is 4.79 Å². The first-order valence-electron chi connectivity index (χ1n) is 10.5. The maximum absolute atomic E-state index is 10.0. The van der Waals surface area contributed by atoms with E-state index >= 15 is 0 Å². The minimum absolute atomic E-state index is 0. The summed E-state index contributed by atoms with van der Waals surface area (Å²) in [5.74, 6) is -0.0625. The van der Waals surface area contributed by atoms with Gasteiger partial charge in [-0.05, 0) is 36.6 Å². The molecule has 1 N–H and O–H groups in total. The van der Waals surface area contributed by atoms with Gasteiger partial charge >= 0.3 is 0 Å². The zero-order valence-electron chi connectivity index (χ0n) is 19.5. The molecule has 0 unspecified atom stereocenters. The first-order valence-corrected chi connectivity index (χ1v) is 11.3.